The molecule has 1 fully saturated rings. The predicted molar refractivity (Wildman–Crippen MR) is 124 cm³/mol. The maximum atomic E-state index is 12.5. The van der Waals surface area contributed by atoms with Crippen molar-refractivity contribution in [2.45, 2.75) is 38.0 Å². The minimum atomic E-state index is -0.764. The molecule has 1 aliphatic carbocycles. The van der Waals surface area contributed by atoms with E-state index < -0.39 is 17.8 Å². The number of hydrogen-bond acceptors (Lipinski definition) is 6. The van der Waals surface area contributed by atoms with Crippen LogP contribution in [0, 0.1) is 0 Å². The summed E-state index contributed by atoms with van der Waals surface area (Å²) < 4.78 is 15.7. The lowest BCUT2D eigenvalue weighted by atomic mass is 9.78. The summed E-state index contributed by atoms with van der Waals surface area (Å²) in [5, 5.41) is 5.36. The summed E-state index contributed by atoms with van der Waals surface area (Å²) in [6.07, 6.45) is 3.89. The van der Waals surface area contributed by atoms with Gasteiger partial charge in [-0.15, -0.1) is 0 Å². The fraction of sp³-hybridized carbons (Fsp3) is 0.400. The lowest BCUT2D eigenvalue weighted by Gasteiger charge is -2.30. The van der Waals surface area contributed by atoms with Gasteiger partial charge in [0.1, 0.15) is 0 Å². The molecule has 8 heteroatoms. The van der Waals surface area contributed by atoms with E-state index >= 15 is 0 Å². The predicted octanol–water partition coefficient (Wildman–Crippen LogP) is 3.45. The first-order valence-electron chi connectivity index (χ1n) is 11.0. The van der Waals surface area contributed by atoms with E-state index in [1.54, 1.807) is 33.3 Å². The van der Waals surface area contributed by atoms with Crippen LogP contribution in [0.4, 0.5) is 5.69 Å². The summed E-state index contributed by atoms with van der Waals surface area (Å²) in [5.74, 6) is -0.635. The Bertz CT molecular complexity index is 996. The van der Waals surface area contributed by atoms with Gasteiger partial charge in [-0.25, -0.2) is 4.79 Å². The average Bonchev–Trinajstić information content (AvgIpc) is 3.32. The Kier molecular flexibility index (Phi) is 7.92. The van der Waals surface area contributed by atoms with Gasteiger partial charge in [0.15, 0.2) is 11.5 Å². The number of esters is 1. The lowest BCUT2D eigenvalue weighted by Crippen LogP contribution is -2.43. The van der Waals surface area contributed by atoms with Crippen LogP contribution in [-0.2, 0) is 19.7 Å². The molecule has 2 aromatic carbocycles. The van der Waals surface area contributed by atoms with Gasteiger partial charge in [-0.05, 0) is 61.7 Å². The van der Waals surface area contributed by atoms with Crippen molar-refractivity contribution in [3.63, 3.8) is 0 Å². The smallest absolute Gasteiger partial charge is 0.338 e. The molecular formula is C25H30N2O6. The van der Waals surface area contributed by atoms with Crippen LogP contribution in [-0.4, -0.2) is 45.2 Å². The molecule has 0 atom stereocenters. The Morgan fingerprint density at radius 1 is 0.909 bits per heavy atom. The molecule has 0 spiro atoms. The van der Waals surface area contributed by atoms with Gasteiger partial charge in [-0.2, -0.15) is 0 Å². The molecule has 3 rings (SSSR count). The molecule has 33 heavy (non-hydrogen) atoms. The quantitative estimate of drug-likeness (QED) is 0.468. The number of amides is 2. The van der Waals surface area contributed by atoms with Gasteiger partial charge in [0.05, 0.1) is 26.4 Å². The summed E-state index contributed by atoms with van der Waals surface area (Å²) in [6.45, 7) is 2.35. The number of methoxy groups -OCH3 is 2. The van der Waals surface area contributed by atoms with Crippen LogP contribution in [0.1, 0.15) is 48.5 Å². The lowest BCUT2D eigenvalue weighted by molar-refractivity contribution is -0.136. The number of ether oxygens (including phenoxy) is 3. The van der Waals surface area contributed by atoms with Crippen LogP contribution < -0.4 is 20.1 Å². The Morgan fingerprint density at radius 2 is 1.58 bits per heavy atom. The molecule has 2 aromatic rings. The molecule has 2 amide bonds. The Morgan fingerprint density at radius 3 is 2.18 bits per heavy atom. The number of rotatable bonds is 8. The fourth-order valence-corrected chi connectivity index (χ4v) is 4.21. The van der Waals surface area contributed by atoms with Crippen LogP contribution in [0.5, 0.6) is 11.5 Å². The highest BCUT2D eigenvalue weighted by atomic mass is 16.5. The van der Waals surface area contributed by atoms with Gasteiger partial charge in [-0.3, -0.25) is 9.59 Å². The number of anilines is 1. The zero-order valence-corrected chi connectivity index (χ0v) is 19.2. The van der Waals surface area contributed by atoms with Gasteiger partial charge in [0.25, 0.3) is 0 Å². The number of carbonyl (C=O) groups is 3. The van der Waals surface area contributed by atoms with Crippen molar-refractivity contribution in [3.05, 3.63) is 53.6 Å². The van der Waals surface area contributed by atoms with Gasteiger partial charge in [0, 0.05) is 17.6 Å². The third-order valence-corrected chi connectivity index (χ3v) is 6.00. The van der Waals surface area contributed by atoms with Crippen LogP contribution in [0.3, 0.4) is 0 Å². The van der Waals surface area contributed by atoms with E-state index in [0.29, 0.717) is 29.3 Å². The van der Waals surface area contributed by atoms with Gasteiger partial charge in [0.2, 0.25) is 0 Å². The zero-order valence-electron chi connectivity index (χ0n) is 19.2. The number of nitrogens with one attached hydrogen (secondary N) is 2. The second-order valence-corrected chi connectivity index (χ2v) is 7.99. The minimum absolute atomic E-state index is 0.267. The van der Waals surface area contributed by atoms with E-state index in [1.165, 1.54) is 12.1 Å². The first-order chi connectivity index (χ1) is 15.9. The largest absolute Gasteiger partial charge is 0.493 e. The first kappa shape index (κ1) is 24.1. The highest BCUT2D eigenvalue weighted by Crippen LogP contribution is 2.43. The van der Waals surface area contributed by atoms with E-state index in [0.717, 1.165) is 31.2 Å². The Balaban J connectivity index is 1.64. The standard InChI is InChI=1S/C25H30N2O6/c1-4-33-24(30)17-7-10-19(11-8-17)27-23(29)22(28)26-16-25(13-5-6-14-25)18-9-12-20(31-2)21(15-18)32-3/h7-12,15H,4-6,13-14,16H2,1-3H3,(H,26,28)(H,27,29). The highest BCUT2D eigenvalue weighted by Gasteiger charge is 2.37. The molecule has 0 aliphatic heterocycles. The molecule has 0 bridgehead atoms. The molecule has 1 saturated carbocycles. The third kappa shape index (κ3) is 5.63. The summed E-state index contributed by atoms with van der Waals surface area (Å²) in [5.41, 5.74) is 1.57. The van der Waals surface area contributed by atoms with E-state index in [4.69, 9.17) is 14.2 Å². The first-order valence-corrected chi connectivity index (χ1v) is 11.0. The van der Waals surface area contributed by atoms with Crippen molar-refractivity contribution in [2.75, 3.05) is 32.7 Å². The van der Waals surface area contributed by atoms with E-state index in [1.807, 2.05) is 18.2 Å². The van der Waals surface area contributed by atoms with Crippen molar-refractivity contribution in [3.8, 4) is 11.5 Å². The summed E-state index contributed by atoms with van der Waals surface area (Å²) in [6, 6.07) is 12.0. The minimum Gasteiger partial charge on any atom is -0.493 e. The topological polar surface area (TPSA) is 103 Å². The number of carbonyl (C=O) groups excluding carboxylic acids is 3. The molecule has 0 aromatic heterocycles. The van der Waals surface area contributed by atoms with Gasteiger partial charge >= 0.3 is 17.8 Å². The van der Waals surface area contributed by atoms with E-state index in [-0.39, 0.29) is 12.0 Å². The molecule has 0 heterocycles. The van der Waals surface area contributed by atoms with Gasteiger partial charge in [-0.1, -0.05) is 18.9 Å². The molecule has 1 aliphatic rings. The molecular weight excluding hydrogens is 424 g/mol. The number of hydrogen-bond donors (Lipinski definition) is 2. The molecule has 2 N–H and O–H groups in total. The summed E-state index contributed by atoms with van der Waals surface area (Å²) >= 11 is 0. The zero-order chi connectivity index (χ0) is 23.8. The van der Waals surface area contributed by atoms with Crippen LogP contribution in [0.2, 0.25) is 0 Å². The van der Waals surface area contributed by atoms with Crippen molar-refractivity contribution in [2.24, 2.45) is 0 Å². The second-order valence-electron chi connectivity index (χ2n) is 7.99. The normalized spacial score (nSPS) is 14.3. The Hall–Kier alpha value is -3.55. The maximum absolute atomic E-state index is 12.5. The van der Waals surface area contributed by atoms with Crippen molar-refractivity contribution in [1.29, 1.82) is 0 Å². The fourth-order valence-electron chi connectivity index (χ4n) is 4.21. The highest BCUT2D eigenvalue weighted by molar-refractivity contribution is 6.39. The average molecular weight is 455 g/mol. The van der Waals surface area contributed by atoms with Crippen LogP contribution in [0.15, 0.2) is 42.5 Å². The maximum Gasteiger partial charge on any atom is 0.338 e. The molecule has 0 saturated heterocycles. The van der Waals surface area contributed by atoms with Crippen LogP contribution in [0.25, 0.3) is 0 Å². The summed E-state index contributed by atoms with van der Waals surface area (Å²) in [4.78, 5) is 36.7. The second kappa shape index (κ2) is 10.8. The van der Waals surface area contributed by atoms with Crippen molar-refractivity contribution < 1.29 is 28.6 Å². The SMILES string of the molecule is CCOC(=O)c1ccc(NC(=O)C(=O)NCC2(c3ccc(OC)c(OC)c3)CCCC2)cc1. The van der Waals surface area contributed by atoms with Gasteiger partial charge < -0.3 is 24.8 Å². The summed E-state index contributed by atoms with van der Waals surface area (Å²) in [7, 11) is 3.18. The number of benzene rings is 2. The third-order valence-electron chi connectivity index (χ3n) is 6.00. The molecule has 0 unspecified atom stereocenters. The van der Waals surface area contributed by atoms with Crippen LogP contribution >= 0.6 is 0 Å². The van der Waals surface area contributed by atoms with E-state index in [9.17, 15) is 14.4 Å². The van der Waals surface area contributed by atoms with Crippen molar-refractivity contribution in [1.82, 2.24) is 5.32 Å². The Labute approximate surface area is 193 Å². The monoisotopic (exact) mass is 454 g/mol. The molecule has 176 valence electrons. The molecule has 0 radical (unpaired) electrons. The van der Waals surface area contributed by atoms with Crippen molar-refractivity contribution >= 4 is 23.5 Å². The molecule has 8 nitrogen and oxygen atoms in total. The van der Waals surface area contributed by atoms with E-state index in [2.05, 4.69) is 10.6 Å².